The second-order valence-electron chi connectivity index (χ2n) is 5.14. The van der Waals surface area contributed by atoms with E-state index in [-0.39, 0.29) is 30.1 Å². The van der Waals surface area contributed by atoms with Gasteiger partial charge in [0.25, 0.3) is 5.91 Å². The number of carbonyl (C=O) groups is 2. The number of halogens is 1. The molecule has 0 bridgehead atoms. The fourth-order valence-electron chi connectivity index (χ4n) is 1.85. The van der Waals surface area contributed by atoms with Gasteiger partial charge in [-0.05, 0) is 25.0 Å². The van der Waals surface area contributed by atoms with E-state index < -0.39 is 6.04 Å². The van der Waals surface area contributed by atoms with Gasteiger partial charge in [-0.15, -0.1) is 12.4 Å². The van der Waals surface area contributed by atoms with Crippen molar-refractivity contribution in [2.24, 2.45) is 11.7 Å². The molecule has 0 aliphatic heterocycles. The molecule has 0 heterocycles. The number of aryl methyl sites for hydroxylation is 1. The van der Waals surface area contributed by atoms with Gasteiger partial charge in [-0.3, -0.25) is 9.59 Å². The lowest BCUT2D eigenvalue weighted by molar-refractivity contribution is -0.123. The highest BCUT2D eigenvalue weighted by Crippen LogP contribution is 2.07. The van der Waals surface area contributed by atoms with Gasteiger partial charge < -0.3 is 16.4 Å². The third-order valence-electron chi connectivity index (χ3n) is 2.96. The largest absolute Gasteiger partial charge is 0.353 e. The first-order valence-electron chi connectivity index (χ1n) is 6.81. The predicted octanol–water partition coefficient (Wildman–Crippen LogP) is 1.25. The van der Waals surface area contributed by atoms with Crippen molar-refractivity contribution in [1.82, 2.24) is 10.6 Å². The smallest absolute Gasteiger partial charge is 0.251 e. The second-order valence-corrected chi connectivity index (χ2v) is 5.14. The Bertz CT molecular complexity index is 478. The molecule has 0 aromatic heterocycles. The lowest BCUT2D eigenvalue weighted by atomic mass is 10.0. The second kappa shape index (κ2) is 9.37. The molecule has 6 heteroatoms. The normalized spacial score (nSPS) is 11.5. The summed E-state index contributed by atoms with van der Waals surface area (Å²) in [4.78, 5) is 24.2. The number of rotatable bonds is 6. The van der Waals surface area contributed by atoms with Crippen LogP contribution in [-0.4, -0.2) is 30.9 Å². The van der Waals surface area contributed by atoms with Crippen LogP contribution in [0.1, 0.15) is 29.8 Å². The van der Waals surface area contributed by atoms with Gasteiger partial charge in [0, 0.05) is 18.7 Å². The van der Waals surface area contributed by atoms with Crippen LogP contribution in [0.15, 0.2) is 24.3 Å². The monoisotopic (exact) mass is 313 g/mol. The highest BCUT2D eigenvalue weighted by Gasteiger charge is 2.24. The van der Waals surface area contributed by atoms with Crippen molar-refractivity contribution in [2.75, 3.05) is 13.1 Å². The molecule has 0 saturated heterocycles. The molecule has 2 amide bonds. The molecule has 1 aromatic rings. The molecule has 5 nitrogen and oxygen atoms in total. The van der Waals surface area contributed by atoms with Crippen LogP contribution < -0.4 is 16.4 Å². The summed E-state index contributed by atoms with van der Waals surface area (Å²) >= 11 is 0. The lowest BCUT2D eigenvalue weighted by Crippen LogP contribution is -2.50. The molecule has 1 atom stereocenters. The molecule has 0 fully saturated rings. The number of nitrogens with two attached hydrogens (primary N) is 1. The maximum atomic E-state index is 12.2. The van der Waals surface area contributed by atoms with E-state index in [2.05, 4.69) is 10.6 Å². The number of benzene rings is 1. The van der Waals surface area contributed by atoms with Gasteiger partial charge in [0.2, 0.25) is 5.91 Å². The number of hydrogen-bond donors (Lipinski definition) is 3. The molecule has 21 heavy (non-hydrogen) atoms. The Morgan fingerprint density at radius 3 is 2.48 bits per heavy atom. The van der Waals surface area contributed by atoms with Crippen LogP contribution in [0.25, 0.3) is 0 Å². The molecule has 0 radical (unpaired) electrons. The Morgan fingerprint density at radius 1 is 1.29 bits per heavy atom. The highest BCUT2D eigenvalue weighted by atomic mass is 35.5. The van der Waals surface area contributed by atoms with E-state index in [0.29, 0.717) is 18.7 Å². The Labute approximate surface area is 132 Å². The number of amides is 2. The van der Waals surface area contributed by atoms with Crippen molar-refractivity contribution in [3.05, 3.63) is 35.4 Å². The summed E-state index contributed by atoms with van der Waals surface area (Å²) in [6, 6.07) is 6.71. The van der Waals surface area contributed by atoms with Gasteiger partial charge >= 0.3 is 0 Å². The summed E-state index contributed by atoms with van der Waals surface area (Å²) in [5.74, 6) is -0.441. The molecule has 0 spiro atoms. The molecule has 0 saturated carbocycles. The lowest BCUT2D eigenvalue weighted by Gasteiger charge is -2.21. The first-order valence-corrected chi connectivity index (χ1v) is 6.81. The average Bonchev–Trinajstić information content (AvgIpc) is 2.41. The highest BCUT2D eigenvalue weighted by molar-refractivity contribution is 5.97. The molecule has 0 aliphatic rings. The average molecular weight is 314 g/mol. The molecule has 1 rings (SSSR count). The van der Waals surface area contributed by atoms with Crippen molar-refractivity contribution in [1.29, 1.82) is 0 Å². The van der Waals surface area contributed by atoms with Gasteiger partial charge in [-0.2, -0.15) is 0 Å². The van der Waals surface area contributed by atoms with Crippen LogP contribution >= 0.6 is 12.4 Å². The van der Waals surface area contributed by atoms with E-state index in [1.807, 2.05) is 32.9 Å². The fourth-order valence-corrected chi connectivity index (χ4v) is 1.85. The summed E-state index contributed by atoms with van der Waals surface area (Å²) in [7, 11) is 0. The maximum Gasteiger partial charge on any atom is 0.251 e. The standard InChI is InChI=1S/C15H23N3O2.ClH/c1-10(2)13(15(20)17-8-7-16)18-14(19)12-6-4-5-11(3)9-12;/h4-6,9-10,13H,7-8,16H2,1-3H3,(H,17,20)(H,18,19);1H. The van der Waals surface area contributed by atoms with Gasteiger partial charge in [-0.25, -0.2) is 0 Å². The Balaban J connectivity index is 0.00000400. The van der Waals surface area contributed by atoms with Crippen LogP contribution in [0.4, 0.5) is 0 Å². The van der Waals surface area contributed by atoms with Crippen LogP contribution in [0, 0.1) is 12.8 Å². The SMILES string of the molecule is Cc1cccc(C(=O)NC(C(=O)NCCN)C(C)C)c1.Cl. The van der Waals surface area contributed by atoms with Gasteiger partial charge in [0.05, 0.1) is 0 Å². The predicted molar refractivity (Wildman–Crippen MR) is 86.6 cm³/mol. The fraction of sp³-hybridized carbons (Fsp3) is 0.467. The summed E-state index contributed by atoms with van der Waals surface area (Å²) in [5.41, 5.74) is 6.92. The number of nitrogens with one attached hydrogen (secondary N) is 2. The Morgan fingerprint density at radius 2 is 1.95 bits per heavy atom. The Kier molecular flexibility index (Phi) is 8.66. The topological polar surface area (TPSA) is 84.2 Å². The van der Waals surface area contributed by atoms with Gasteiger partial charge in [0.15, 0.2) is 0 Å². The third-order valence-corrected chi connectivity index (χ3v) is 2.96. The van der Waals surface area contributed by atoms with E-state index >= 15 is 0 Å². The minimum Gasteiger partial charge on any atom is -0.353 e. The van der Waals surface area contributed by atoms with Gasteiger partial charge in [0.1, 0.15) is 6.04 Å². The van der Waals surface area contributed by atoms with E-state index in [4.69, 9.17) is 5.73 Å². The molecular weight excluding hydrogens is 290 g/mol. The molecule has 0 aliphatic carbocycles. The molecule has 1 aromatic carbocycles. The summed E-state index contributed by atoms with van der Waals surface area (Å²) in [5, 5.41) is 5.48. The molecular formula is C15H24ClN3O2. The minimum atomic E-state index is -0.561. The van der Waals surface area contributed by atoms with Crippen LogP contribution in [0.3, 0.4) is 0 Å². The number of hydrogen-bond acceptors (Lipinski definition) is 3. The van der Waals surface area contributed by atoms with E-state index in [0.717, 1.165) is 5.56 Å². The zero-order chi connectivity index (χ0) is 15.1. The molecule has 118 valence electrons. The first-order chi connectivity index (χ1) is 9.45. The molecule has 4 N–H and O–H groups in total. The maximum absolute atomic E-state index is 12.2. The molecule has 1 unspecified atom stereocenters. The van der Waals surface area contributed by atoms with Gasteiger partial charge in [-0.1, -0.05) is 31.5 Å². The van der Waals surface area contributed by atoms with Crippen molar-refractivity contribution in [3.63, 3.8) is 0 Å². The van der Waals surface area contributed by atoms with E-state index in [1.165, 1.54) is 0 Å². The zero-order valence-electron chi connectivity index (χ0n) is 12.7. The summed E-state index contributed by atoms with van der Waals surface area (Å²) < 4.78 is 0. The quantitative estimate of drug-likeness (QED) is 0.739. The summed E-state index contributed by atoms with van der Waals surface area (Å²) in [6.45, 7) is 6.49. The number of carbonyl (C=O) groups excluding carboxylic acids is 2. The summed E-state index contributed by atoms with van der Waals surface area (Å²) in [6.07, 6.45) is 0. The zero-order valence-corrected chi connectivity index (χ0v) is 13.5. The van der Waals surface area contributed by atoms with Crippen molar-refractivity contribution in [2.45, 2.75) is 26.8 Å². The van der Waals surface area contributed by atoms with Crippen molar-refractivity contribution in [3.8, 4) is 0 Å². The first kappa shape index (κ1) is 19.4. The van der Waals surface area contributed by atoms with Crippen LogP contribution in [0.5, 0.6) is 0 Å². The Hall–Kier alpha value is -1.59. The van der Waals surface area contributed by atoms with E-state index in [9.17, 15) is 9.59 Å². The third kappa shape index (κ3) is 6.14. The van der Waals surface area contributed by atoms with Crippen molar-refractivity contribution < 1.29 is 9.59 Å². The van der Waals surface area contributed by atoms with E-state index in [1.54, 1.807) is 12.1 Å². The minimum absolute atomic E-state index is 0. The van der Waals surface area contributed by atoms with Crippen molar-refractivity contribution >= 4 is 24.2 Å². The van der Waals surface area contributed by atoms with Crippen LogP contribution in [-0.2, 0) is 4.79 Å². The van der Waals surface area contributed by atoms with Crippen LogP contribution in [0.2, 0.25) is 0 Å².